The number of ether oxygens (including phenoxy) is 1. The van der Waals surface area contributed by atoms with Crippen LogP contribution in [0, 0.1) is 0 Å². The van der Waals surface area contributed by atoms with Crippen molar-refractivity contribution in [2.75, 3.05) is 6.61 Å². The quantitative estimate of drug-likeness (QED) is 0.461. The molecular formula is C18H17BrClN3O3S. The van der Waals surface area contributed by atoms with Gasteiger partial charge in [-0.2, -0.15) is 0 Å². The fourth-order valence-electron chi connectivity index (χ4n) is 2.02. The van der Waals surface area contributed by atoms with Gasteiger partial charge in [0, 0.05) is 10.6 Å². The predicted octanol–water partition coefficient (Wildman–Crippen LogP) is 3.38. The molecule has 0 aliphatic rings. The molecule has 0 bridgehead atoms. The SMILES string of the molecule is CCc1ccc(OCC(=O)NNC(=S)NC(=O)c2cccc(Cl)c2)c(Br)c1. The minimum atomic E-state index is -0.458. The molecule has 2 aromatic carbocycles. The van der Waals surface area contributed by atoms with Gasteiger partial charge in [-0.25, -0.2) is 0 Å². The Balaban J connectivity index is 1.76. The third-order valence-corrected chi connectivity index (χ3v) is 4.45. The highest BCUT2D eigenvalue weighted by Crippen LogP contribution is 2.26. The standard InChI is InChI=1S/C18H17BrClN3O3S/c1-2-11-6-7-15(14(19)8-11)26-10-16(24)22-23-18(27)21-17(25)12-4-3-5-13(20)9-12/h3-9H,2,10H2,1H3,(H,22,24)(H2,21,23,25,27). The highest BCUT2D eigenvalue weighted by molar-refractivity contribution is 9.10. The number of thiocarbonyl (C=S) groups is 1. The first-order valence-corrected chi connectivity index (χ1v) is 9.54. The number of halogens is 2. The second-order valence-electron chi connectivity index (χ2n) is 5.37. The van der Waals surface area contributed by atoms with E-state index in [0.717, 1.165) is 16.5 Å². The minimum absolute atomic E-state index is 0.0539. The summed E-state index contributed by atoms with van der Waals surface area (Å²) in [6.45, 7) is 1.83. The zero-order chi connectivity index (χ0) is 19.8. The summed E-state index contributed by atoms with van der Waals surface area (Å²) in [7, 11) is 0. The van der Waals surface area contributed by atoms with Gasteiger partial charge >= 0.3 is 0 Å². The van der Waals surface area contributed by atoms with Crippen molar-refractivity contribution in [1.82, 2.24) is 16.2 Å². The van der Waals surface area contributed by atoms with Gasteiger partial charge in [0.25, 0.3) is 11.8 Å². The molecule has 0 saturated carbocycles. The van der Waals surface area contributed by atoms with Crippen LogP contribution in [0.1, 0.15) is 22.8 Å². The van der Waals surface area contributed by atoms with Gasteiger partial charge in [-0.3, -0.25) is 25.8 Å². The summed E-state index contributed by atoms with van der Waals surface area (Å²) >= 11 is 14.2. The average Bonchev–Trinajstić information content (AvgIpc) is 2.65. The number of hydrogen-bond acceptors (Lipinski definition) is 4. The summed E-state index contributed by atoms with van der Waals surface area (Å²) in [6.07, 6.45) is 0.904. The number of hydrogen-bond donors (Lipinski definition) is 3. The summed E-state index contributed by atoms with van der Waals surface area (Å²) in [5.74, 6) is -0.347. The Morgan fingerprint density at radius 1 is 1.19 bits per heavy atom. The molecule has 0 heterocycles. The van der Waals surface area contributed by atoms with E-state index in [2.05, 4.69) is 39.0 Å². The van der Waals surface area contributed by atoms with E-state index in [1.165, 1.54) is 6.07 Å². The number of aryl methyl sites for hydroxylation is 1. The van der Waals surface area contributed by atoms with Crippen LogP contribution in [0.3, 0.4) is 0 Å². The number of amides is 2. The van der Waals surface area contributed by atoms with Gasteiger partial charge in [0.2, 0.25) is 0 Å². The molecule has 0 atom stereocenters. The Morgan fingerprint density at radius 3 is 2.63 bits per heavy atom. The molecule has 0 aliphatic carbocycles. The number of carbonyl (C=O) groups is 2. The van der Waals surface area contributed by atoms with E-state index in [-0.39, 0.29) is 11.7 Å². The molecule has 2 rings (SSSR count). The third-order valence-electron chi connectivity index (χ3n) is 3.39. The molecule has 0 radical (unpaired) electrons. The fraction of sp³-hybridized carbons (Fsp3) is 0.167. The first kappa shape index (κ1) is 21.1. The largest absolute Gasteiger partial charge is 0.483 e. The van der Waals surface area contributed by atoms with Crippen molar-refractivity contribution in [2.45, 2.75) is 13.3 Å². The van der Waals surface area contributed by atoms with Crippen LogP contribution in [0.4, 0.5) is 0 Å². The Kier molecular flexibility index (Phi) is 8.02. The van der Waals surface area contributed by atoms with Gasteiger partial charge in [-0.1, -0.05) is 30.7 Å². The molecule has 142 valence electrons. The van der Waals surface area contributed by atoms with E-state index in [9.17, 15) is 9.59 Å². The molecule has 0 aliphatic heterocycles. The summed E-state index contributed by atoms with van der Waals surface area (Å²) in [6, 6.07) is 12.1. The van der Waals surface area contributed by atoms with Crippen molar-refractivity contribution in [3.8, 4) is 5.75 Å². The topological polar surface area (TPSA) is 79.5 Å². The lowest BCUT2D eigenvalue weighted by atomic mass is 10.2. The summed E-state index contributed by atoms with van der Waals surface area (Å²) in [4.78, 5) is 23.9. The minimum Gasteiger partial charge on any atom is -0.483 e. The van der Waals surface area contributed by atoms with Crippen molar-refractivity contribution in [3.05, 3.63) is 63.1 Å². The van der Waals surface area contributed by atoms with E-state index in [4.69, 9.17) is 28.6 Å². The maximum Gasteiger partial charge on any atom is 0.276 e. The van der Waals surface area contributed by atoms with Crippen LogP contribution in [0.25, 0.3) is 0 Å². The molecule has 0 spiro atoms. The highest BCUT2D eigenvalue weighted by Gasteiger charge is 2.10. The average molecular weight is 471 g/mol. The van der Waals surface area contributed by atoms with Crippen LogP contribution in [-0.2, 0) is 11.2 Å². The van der Waals surface area contributed by atoms with Gasteiger partial charge in [-0.05, 0) is 70.5 Å². The van der Waals surface area contributed by atoms with Gasteiger partial charge in [0.15, 0.2) is 11.7 Å². The van der Waals surface area contributed by atoms with Gasteiger partial charge < -0.3 is 4.74 Å². The Bertz CT molecular complexity index is 863. The van der Waals surface area contributed by atoms with Crippen molar-refractivity contribution in [2.24, 2.45) is 0 Å². The number of benzene rings is 2. The monoisotopic (exact) mass is 469 g/mol. The number of carbonyl (C=O) groups excluding carboxylic acids is 2. The van der Waals surface area contributed by atoms with Crippen LogP contribution >= 0.6 is 39.7 Å². The molecule has 27 heavy (non-hydrogen) atoms. The molecule has 9 heteroatoms. The molecule has 0 fully saturated rings. The molecule has 3 N–H and O–H groups in total. The lowest BCUT2D eigenvalue weighted by Crippen LogP contribution is -2.49. The van der Waals surface area contributed by atoms with Crippen LogP contribution in [-0.4, -0.2) is 23.5 Å². The van der Waals surface area contributed by atoms with E-state index in [0.29, 0.717) is 16.3 Å². The number of hydrazine groups is 1. The fourth-order valence-corrected chi connectivity index (χ4v) is 2.90. The summed E-state index contributed by atoms with van der Waals surface area (Å²) in [5, 5.41) is 2.82. The zero-order valence-corrected chi connectivity index (χ0v) is 17.5. The van der Waals surface area contributed by atoms with Crippen LogP contribution < -0.4 is 20.9 Å². The van der Waals surface area contributed by atoms with Gasteiger partial charge in [0.05, 0.1) is 4.47 Å². The lowest BCUT2D eigenvalue weighted by Gasteiger charge is -2.12. The Morgan fingerprint density at radius 2 is 1.96 bits per heavy atom. The van der Waals surface area contributed by atoms with E-state index in [1.807, 2.05) is 12.1 Å². The number of rotatable bonds is 5. The zero-order valence-electron chi connectivity index (χ0n) is 14.3. The van der Waals surface area contributed by atoms with Gasteiger partial charge in [-0.15, -0.1) is 0 Å². The van der Waals surface area contributed by atoms with E-state index < -0.39 is 11.8 Å². The summed E-state index contributed by atoms with van der Waals surface area (Å²) in [5.41, 5.74) is 6.30. The highest BCUT2D eigenvalue weighted by atomic mass is 79.9. The first-order valence-electron chi connectivity index (χ1n) is 7.96. The second-order valence-corrected chi connectivity index (χ2v) is 7.07. The normalized spacial score (nSPS) is 10.0. The molecule has 6 nitrogen and oxygen atoms in total. The van der Waals surface area contributed by atoms with Crippen molar-refractivity contribution < 1.29 is 14.3 Å². The molecular weight excluding hydrogens is 454 g/mol. The smallest absolute Gasteiger partial charge is 0.276 e. The Hall–Kier alpha value is -2.16. The predicted molar refractivity (Wildman–Crippen MR) is 112 cm³/mol. The summed E-state index contributed by atoms with van der Waals surface area (Å²) < 4.78 is 6.22. The van der Waals surface area contributed by atoms with E-state index >= 15 is 0 Å². The lowest BCUT2D eigenvalue weighted by molar-refractivity contribution is -0.123. The third kappa shape index (κ3) is 6.82. The second kappa shape index (κ2) is 10.2. The van der Waals surface area contributed by atoms with Crippen molar-refractivity contribution in [1.29, 1.82) is 0 Å². The van der Waals surface area contributed by atoms with Crippen LogP contribution in [0.15, 0.2) is 46.9 Å². The molecule has 0 aromatic heterocycles. The Labute approximate surface area is 175 Å². The molecule has 0 unspecified atom stereocenters. The maximum atomic E-state index is 12.0. The van der Waals surface area contributed by atoms with Crippen molar-refractivity contribution >= 4 is 56.7 Å². The molecule has 0 saturated heterocycles. The van der Waals surface area contributed by atoms with Gasteiger partial charge in [0.1, 0.15) is 5.75 Å². The van der Waals surface area contributed by atoms with Crippen molar-refractivity contribution in [3.63, 3.8) is 0 Å². The van der Waals surface area contributed by atoms with Crippen LogP contribution in [0.5, 0.6) is 5.75 Å². The maximum absolute atomic E-state index is 12.0. The van der Waals surface area contributed by atoms with Crippen LogP contribution in [0.2, 0.25) is 5.02 Å². The van der Waals surface area contributed by atoms with E-state index in [1.54, 1.807) is 24.3 Å². The molecule has 2 aromatic rings. The molecule has 2 amide bonds. The number of nitrogens with one attached hydrogen (secondary N) is 3. The first-order chi connectivity index (χ1) is 12.9.